The lowest BCUT2D eigenvalue weighted by atomic mass is 9.78. The molecule has 7 nitrogen and oxygen atoms in total. The van der Waals surface area contributed by atoms with Gasteiger partial charge in [0.05, 0.1) is 30.1 Å². The minimum absolute atomic E-state index is 0.0318. The molecule has 38 heavy (non-hydrogen) atoms. The van der Waals surface area contributed by atoms with E-state index in [4.69, 9.17) is 18.6 Å². The lowest BCUT2D eigenvalue weighted by Gasteiger charge is -2.39. The predicted molar refractivity (Wildman–Crippen MR) is 143 cm³/mol. The van der Waals surface area contributed by atoms with Gasteiger partial charge in [-0.05, 0) is 90.0 Å². The summed E-state index contributed by atoms with van der Waals surface area (Å²) in [6.45, 7) is -0.0668. The molecule has 5 rings (SSSR count). The number of aliphatic hydroxyl groups excluding tert-OH is 1. The monoisotopic (exact) mass is 516 g/mol. The average Bonchev–Trinajstić information content (AvgIpc) is 3.49. The van der Waals surface area contributed by atoms with Crippen molar-refractivity contribution >= 4 is 16.7 Å². The normalized spacial score (nSPS) is 19.5. The van der Waals surface area contributed by atoms with E-state index in [0.29, 0.717) is 34.6 Å². The third kappa shape index (κ3) is 4.92. The molecule has 3 aromatic carbocycles. The maximum Gasteiger partial charge on any atom is 0.336 e. The van der Waals surface area contributed by atoms with Crippen LogP contribution in [0.15, 0.2) is 71.3 Å². The van der Waals surface area contributed by atoms with Crippen molar-refractivity contribution in [3.8, 4) is 17.1 Å². The molecule has 1 aliphatic rings. The molecule has 0 aliphatic heterocycles. The van der Waals surface area contributed by atoms with Gasteiger partial charge in [-0.3, -0.25) is 0 Å². The number of furan rings is 1. The zero-order valence-electron chi connectivity index (χ0n) is 21.6. The van der Waals surface area contributed by atoms with Gasteiger partial charge >= 0.3 is 5.97 Å². The maximum atomic E-state index is 12.0. The van der Waals surface area contributed by atoms with Crippen molar-refractivity contribution in [1.29, 1.82) is 0 Å². The van der Waals surface area contributed by atoms with Crippen molar-refractivity contribution in [2.24, 2.45) is 0 Å². The summed E-state index contributed by atoms with van der Waals surface area (Å²) in [6.07, 6.45) is 5.52. The fourth-order valence-electron chi connectivity index (χ4n) is 5.59. The molecule has 1 fully saturated rings. The van der Waals surface area contributed by atoms with Gasteiger partial charge in [-0.1, -0.05) is 18.2 Å². The Balaban J connectivity index is 1.42. The number of carboxylic acid groups (broad SMARTS) is 1. The summed E-state index contributed by atoms with van der Waals surface area (Å²) in [5, 5.41) is 21.3. The van der Waals surface area contributed by atoms with Gasteiger partial charge in [0.2, 0.25) is 0 Å². The molecular formula is C31H32O7. The number of fused-ring (bicyclic) bond motifs is 1. The van der Waals surface area contributed by atoms with Crippen LogP contribution in [0.5, 0.6) is 5.75 Å². The molecule has 0 atom stereocenters. The Kier molecular flexibility index (Phi) is 7.51. The molecule has 2 N–H and O–H groups in total. The molecule has 0 unspecified atom stereocenters. The van der Waals surface area contributed by atoms with Gasteiger partial charge in [0.25, 0.3) is 0 Å². The molecule has 1 saturated carbocycles. The highest BCUT2D eigenvalue weighted by molar-refractivity contribution is 6.04. The van der Waals surface area contributed by atoms with E-state index in [1.165, 1.54) is 6.26 Å². The van der Waals surface area contributed by atoms with Crippen LogP contribution in [0.25, 0.3) is 22.1 Å². The number of carbonyl (C=O) groups is 1. The third-order valence-corrected chi connectivity index (χ3v) is 7.70. The molecule has 4 aromatic rings. The molecule has 0 bridgehead atoms. The van der Waals surface area contributed by atoms with Crippen molar-refractivity contribution in [2.75, 3.05) is 14.2 Å². The lowest BCUT2D eigenvalue weighted by molar-refractivity contribution is -0.0762. The summed E-state index contributed by atoms with van der Waals surface area (Å²) >= 11 is 0. The number of ether oxygens (including phenoxy) is 3. The van der Waals surface area contributed by atoms with Crippen LogP contribution in [0.2, 0.25) is 0 Å². The Hall–Kier alpha value is -3.65. The van der Waals surface area contributed by atoms with Crippen LogP contribution in [0.1, 0.15) is 52.7 Å². The van der Waals surface area contributed by atoms with Gasteiger partial charge in [-0.15, -0.1) is 0 Å². The Morgan fingerprint density at radius 2 is 1.87 bits per heavy atom. The van der Waals surface area contributed by atoms with E-state index in [2.05, 4.69) is 12.1 Å². The van der Waals surface area contributed by atoms with E-state index in [-0.39, 0.29) is 17.3 Å². The largest absolute Gasteiger partial charge is 0.489 e. The zero-order valence-corrected chi connectivity index (χ0v) is 21.6. The van der Waals surface area contributed by atoms with Crippen LogP contribution in [0.4, 0.5) is 0 Å². The predicted octanol–water partition coefficient (Wildman–Crippen LogP) is 6.30. The number of methoxy groups -OCH3 is 2. The number of rotatable bonds is 9. The first kappa shape index (κ1) is 26.0. The summed E-state index contributed by atoms with van der Waals surface area (Å²) in [7, 11) is 3.54. The first-order valence-corrected chi connectivity index (χ1v) is 12.8. The SMILES string of the molecule is CO[C@H]1CC[C@](OC)(c2cccc(COc3ccc4c(-c5ccco5)c(CO)c(C(=O)O)cc4c3)c2)CC1. The van der Waals surface area contributed by atoms with E-state index in [9.17, 15) is 15.0 Å². The Morgan fingerprint density at radius 1 is 1.05 bits per heavy atom. The minimum Gasteiger partial charge on any atom is -0.489 e. The molecule has 1 aromatic heterocycles. The number of carboxylic acids is 1. The summed E-state index contributed by atoms with van der Waals surface area (Å²) in [5.41, 5.74) is 2.75. The van der Waals surface area contributed by atoms with E-state index in [0.717, 1.165) is 42.2 Å². The molecule has 0 amide bonds. The number of aliphatic hydroxyl groups is 1. The Bertz CT molecular complexity index is 1420. The third-order valence-electron chi connectivity index (χ3n) is 7.70. The number of hydrogen-bond acceptors (Lipinski definition) is 6. The van der Waals surface area contributed by atoms with E-state index < -0.39 is 12.6 Å². The number of benzene rings is 3. The molecule has 0 radical (unpaired) electrons. The maximum absolute atomic E-state index is 12.0. The molecule has 7 heteroatoms. The Labute approximate surface area is 221 Å². The molecule has 0 saturated heterocycles. The summed E-state index contributed by atoms with van der Waals surface area (Å²) in [6, 6.07) is 18.9. The highest BCUT2D eigenvalue weighted by Gasteiger charge is 2.37. The zero-order chi connectivity index (χ0) is 26.7. The van der Waals surface area contributed by atoms with E-state index in [1.807, 2.05) is 30.3 Å². The summed E-state index contributed by atoms with van der Waals surface area (Å²) < 4.78 is 23.3. The first-order chi connectivity index (χ1) is 18.5. The van der Waals surface area contributed by atoms with Gasteiger partial charge in [0.15, 0.2) is 0 Å². The highest BCUT2D eigenvalue weighted by Crippen LogP contribution is 2.41. The van der Waals surface area contributed by atoms with E-state index in [1.54, 1.807) is 32.4 Å². The fourth-order valence-corrected chi connectivity index (χ4v) is 5.59. The topological polar surface area (TPSA) is 98.4 Å². The van der Waals surface area contributed by atoms with Crippen LogP contribution in [0, 0.1) is 0 Å². The minimum atomic E-state index is -1.11. The van der Waals surface area contributed by atoms with Crippen molar-refractivity contribution in [2.45, 2.75) is 50.6 Å². The molecule has 198 valence electrons. The van der Waals surface area contributed by atoms with Gasteiger partial charge in [-0.25, -0.2) is 4.79 Å². The van der Waals surface area contributed by atoms with Crippen LogP contribution < -0.4 is 4.74 Å². The number of hydrogen-bond donors (Lipinski definition) is 2. The lowest BCUT2D eigenvalue weighted by Crippen LogP contribution is -2.36. The van der Waals surface area contributed by atoms with Gasteiger partial charge < -0.3 is 28.8 Å². The second-order valence-corrected chi connectivity index (χ2v) is 9.72. The number of aromatic carboxylic acids is 1. The van der Waals surface area contributed by atoms with E-state index >= 15 is 0 Å². The molecule has 1 aliphatic carbocycles. The second kappa shape index (κ2) is 11.0. The Morgan fingerprint density at radius 3 is 2.53 bits per heavy atom. The van der Waals surface area contributed by atoms with Crippen LogP contribution in [-0.4, -0.2) is 36.5 Å². The second-order valence-electron chi connectivity index (χ2n) is 9.72. The highest BCUT2D eigenvalue weighted by atomic mass is 16.5. The van der Waals surface area contributed by atoms with Crippen molar-refractivity contribution in [3.05, 3.63) is 89.2 Å². The van der Waals surface area contributed by atoms with Crippen molar-refractivity contribution in [3.63, 3.8) is 0 Å². The van der Waals surface area contributed by atoms with Crippen LogP contribution >= 0.6 is 0 Å². The average molecular weight is 517 g/mol. The first-order valence-electron chi connectivity index (χ1n) is 12.8. The van der Waals surface area contributed by atoms with Gasteiger partial charge in [0, 0.05) is 25.3 Å². The van der Waals surface area contributed by atoms with Gasteiger partial charge in [-0.2, -0.15) is 0 Å². The summed E-state index contributed by atoms with van der Waals surface area (Å²) in [4.78, 5) is 12.0. The molecular weight excluding hydrogens is 484 g/mol. The smallest absolute Gasteiger partial charge is 0.336 e. The van der Waals surface area contributed by atoms with Crippen molar-refractivity contribution < 1.29 is 33.6 Å². The summed E-state index contributed by atoms with van der Waals surface area (Å²) in [5.74, 6) is 0.00109. The molecule has 0 spiro atoms. The van der Waals surface area contributed by atoms with Gasteiger partial charge in [0.1, 0.15) is 18.1 Å². The fraction of sp³-hybridized carbons (Fsp3) is 0.323. The quantitative estimate of drug-likeness (QED) is 0.269. The molecule has 1 heterocycles. The van der Waals surface area contributed by atoms with Crippen LogP contribution in [-0.2, 0) is 28.3 Å². The van der Waals surface area contributed by atoms with Crippen LogP contribution in [0.3, 0.4) is 0 Å². The van der Waals surface area contributed by atoms with Crippen molar-refractivity contribution in [1.82, 2.24) is 0 Å². The standard InChI is InChI=1S/C31H32O7/c1-35-23-10-12-31(36-2,13-11-23)22-6-3-5-20(15-22)19-38-24-8-9-25-21(16-24)17-26(30(33)34)27(18-32)29(25)28-7-4-14-37-28/h3-9,14-17,23,32H,10-13,18-19H2,1-2H3,(H,33,34)/t23-,31+.